The molecule has 1 N–H and O–H groups in total. The lowest BCUT2D eigenvalue weighted by molar-refractivity contribution is -0.140. The molecule has 4 aromatic carbocycles. The molecule has 1 atom stereocenters. The van der Waals surface area contributed by atoms with Gasteiger partial charge in [0, 0.05) is 24.0 Å². The smallest absolute Gasteiger partial charge is 0.264 e. The number of hydrogen-bond acceptors (Lipinski definition) is 5. The number of anilines is 1. The van der Waals surface area contributed by atoms with Gasteiger partial charge >= 0.3 is 0 Å². The molecule has 47 heavy (non-hydrogen) atoms. The molecule has 2 amide bonds. The number of nitrogens with zero attached hydrogens (tertiary/aromatic N) is 2. The van der Waals surface area contributed by atoms with Crippen LogP contribution in [-0.2, 0) is 32.6 Å². The Morgan fingerprint density at radius 2 is 1.47 bits per heavy atom. The number of carbonyl (C=O) groups is 2. The van der Waals surface area contributed by atoms with E-state index in [0.29, 0.717) is 17.4 Å². The minimum Gasteiger partial charge on any atom is -0.492 e. The number of benzene rings is 4. The first-order chi connectivity index (χ1) is 22.8. The van der Waals surface area contributed by atoms with Crippen LogP contribution in [0.2, 0.25) is 5.02 Å². The minimum absolute atomic E-state index is 0.0290. The first kappa shape index (κ1) is 34.0. The summed E-state index contributed by atoms with van der Waals surface area (Å²) in [6.45, 7) is 1.62. The van der Waals surface area contributed by atoms with Crippen LogP contribution in [0.5, 0.6) is 5.75 Å². The molecule has 10 heteroatoms. The van der Waals surface area contributed by atoms with Gasteiger partial charge < -0.3 is 15.0 Å². The van der Waals surface area contributed by atoms with Crippen LogP contribution in [0.25, 0.3) is 0 Å². The van der Waals surface area contributed by atoms with Gasteiger partial charge in [-0.25, -0.2) is 8.42 Å². The molecular weight excluding hydrogens is 634 g/mol. The Hall–Kier alpha value is -4.34. The largest absolute Gasteiger partial charge is 0.492 e. The second-order valence-electron chi connectivity index (χ2n) is 11.6. The molecule has 5 rings (SSSR count). The third-order valence-electron chi connectivity index (χ3n) is 8.28. The minimum atomic E-state index is -4.24. The standard InChI is InChI=1S/C37H40ClN3O5S/c1-2-46-35-20-12-11-19-33(35)41(47(44,45)32-17-7-4-8-18-32)27-36(42)40(26-29-21-23-30(38)24-22-29)34(25-28-13-5-3-6-14-28)37(43)39-31-15-9-10-16-31/h3-8,11-14,17-24,31,34H,2,9-10,15-16,25-27H2,1H3,(H,39,43)/t34-/m0/s1. The summed E-state index contributed by atoms with van der Waals surface area (Å²) in [4.78, 5) is 30.3. The summed E-state index contributed by atoms with van der Waals surface area (Å²) in [5.74, 6) is -0.477. The second kappa shape index (κ2) is 16.0. The van der Waals surface area contributed by atoms with E-state index in [-0.39, 0.29) is 35.5 Å². The number of hydrogen-bond donors (Lipinski definition) is 1. The zero-order valence-electron chi connectivity index (χ0n) is 26.4. The predicted molar refractivity (Wildman–Crippen MR) is 185 cm³/mol. The number of carbonyl (C=O) groups excluding carboxylic acids is 2. The molecule has 8 nitrogen and oxygen atoms in total. The first-order valence-corrected chi connectivity index (χ1v) is 17.8. The average Bonchev–Trinajstić information content (AvgIpc) is 3.60. The summed E-state index contributed by atoms with van der Waals surface area (Å²) in [5.41, 5.74) is 1.86. The van der Waals surface area contributed by atoms with Gasteiger partial charge in [-0.3, -0.25) is 13.9 Å². The van der Waals surface area contributed by atoms with Crippen molar-refractivity contribution in [3.05, 3.63) is 125 Å². The van der Waals surface area contributed by atoms with E-state index in [1.54, 1.807) is 66.7 Å². The van der Waals surface area contributed by atoms with Gasteiger partial charge in [-0.2, -0.15) is 0 Å². The van der Waals surface area contributed by atoms with E-state index < -0.39 is 28.5 Å². The molecule has 0 spiro atoms. The van der Waals surface area contributed by atoms with Crippen molar-refractivity contribution in [1.82, 2.24) is 10.2 Å². The molecule has 1 saturated carbocycles. The second-order valence-corrected chi connectivity index (χ2v) is 13.9. The van der Waals surface area contributed by atoms with E-state index in [0.717, 1.165) is 41.1 Å². The molecule has 0 radical (unpaired) electrons. The SMILES string of the molecule is CCOc1ccccc1N(CC(=O)N(Cc1ccc(Cl)cc1)[C@@H](Cc1ccccc1)C(=O)NC1CCCC1)S(=O)(=O)c1ccccc1. The normalized spacial score (nSPS) is 13.9. The number of rotatable bonds is 14. The zero-order valence-corrected chi connectivity index (χ0v) is 28.0. The van der Waals surface area contributed by atoms with Crippen molar-refractivity contribution in [3.8, 4) is 5.75 Å². The van der Waals surface area contributed by atoms with E-state index in [9.17, 15) is 18.0 Å². The molecule has 4 aromatic rings. The molecule has 1 aliphatic carbocycles. The third-order valence-corrected chi connectivity index (χ3v) is 10.3. The van der Waals surface area contributed by atoms with Gasteiger partial charge in [-0.1, -0.05) is 97.2 Å². The average molecular weight is 674 g/mol. The van der Waals surface area contributed by atoms with Crippen molar-refractivity contribution in [2.24, 2.45) is 0 Å². The Morgan fingerprint density at radius 3 is 2.13 bits per heavy atom. The topological polar surface area (TPSA) is 96.0 Å². The van der Waals surface area contributed by atoms with Crippen molar-refractivity contribution in [3.63, 3.8) is 0 Å². The van der Waals surface area contributed by atoms with Crippen LogP contribution >= 0.6 is 11.6 Å². The number of amides is 2. The molecule has 0 aromatic heterocycles. The van der Waals surface area contributed by atoms with Gasteiger partial charge in [0.1, 0.15) is 18.3 Å². The highest BCUT2D eigenvalue weighted by molar-refractivity contribution is 7.92. The molecule has 0 saturated heterocycles. The van der Waals surface area contributed by atoms with Crippen molar-refractivity contribution in [2.45, 2.75) is 62.6 Å². The summed E-state index contributed by atoms with van der Waals surface area (Å²) in [5, 5.41) is 3.73. The van der Waals surface area contributed by atoms with E-state index in [1.807, 2.05) is 37.3 Å². The van der Waals surface area contributed by atoms with E-state index in [2.05, 4.69) is 5.32 Å². The van der Waals surface area contributed by atoms with Crippen molar-refractivity contribution >= 4 is 39.1 Å². The molecule has 0 heterocycles. The zero-order chi connectivity index (χ0) is 33.2. The Balaban J connectivity index is 1.58. The summed E-state index contributed by atoms with van der Waals surface area (Å²) in [6.07, 6.45) is 4.08. The van der Waals surface area contributed by atoms with E-state index >= 15 is 0 Å². The van der Waals surface area contributed by atoms with E-state index in [4.69, 9.17) is 16.3 Å². The quantitative estimate of drug-likeness (QED) is 0.162. The molecule has 0 unspecified atom stereocenters. The van der Waals surface area contributed by atoms with Gasteiger partial charge in [0.15, 0.2) is 0 Å². The fraction of sp³-hybridized carbons (Fsp3) is 0.297. The maximum absolute atomic E-state index is 14.7. The van der Waals surface area contributed by atoms with Gasteiger partial charge in [0.05, 0.1) is 17.2 Å². The summed E-state index contributed by atoms with van der Waals surface area (Å²) < 4.78 is 35.5. The number of nitrogens with one attached hydrogen (secondary N) is 1. The first-order valence-electron chi connectivity index (χ1n) is 15.9. The van der Waals surface area contributed by atoms with Crippen LogP contribution in [0.4, 0.5) is 5.69 Å². The number of sulfonamides is 1. The molecule has 0 aliphatic heterocycles. The number of para-hydroxylation sites is 2. The molecule has 246 valence electrons. The van der Waals surface area contributed by atoms with Gasteiger partial charge in [0.2, 0.25) is 11.8 Å². The Morgan fingerprint density at radius 1 is 0.851 bits per heavy atom. The maximum Gasteiger partial charge on any atom is 0.264 e. The van der Waals surface area contributed by atoms with Crippen LogP contribution < -0.4 is 14.4 Å². The number of ether oxygens (including phenoxy) is 1. The monoisotopic (exact) mass is 673 g/mol. The molecule has 0 bridgehead atoms. The van der Waals surface area contributed by atoms with Gasteiger partial charge in [-0.15, -0.1) is 0 Å². The van der Waals surface area contributed by atoms with Crippen molar-refractivity contribution in [1.29, 1.82) is 0 Å². The van der Waals surface area contributed by atoms with Gasteiger partial charge in [-0.05, 0) is 67.3 Å². The highest BCUT2D eigenvalue weighted by atomic mass is 35.5. The summed E-state index contributed by atoms with van der Waals surface area (Å²) in [6, 6.07) is 30.5. The lowest BCUT2D eigenvalue weighted by Crippen LogP contribution is -2.54. The predicted octanol–water partition coefficient (Wildman–Crippen LogP) is 6.63. The van der Waals surface area contributed by atoms with Gasteiger partial charge in [0.25, 0.3) is 10.0 Å². The molecule has 1 aliphatic rings. The number of halogens is 1. The van der Waals surface area contributed by atoms with Crippen molar-refractivity contribution in [2.75, 3.05) is 17.5 Å². The van der Waals surface area contributed by atoms with Crippen LogP contribution in [0.15, 0.2) is 114 Å². The lowest BCUT2D eigenvalue weighted by atomic mass is 10.0. The maximum atomic E-state index is 14.7. The Bertz CT molecular complexity index is 1730. The molecular formula is C37H40ClN3O5S. The van der Waals surface area contributed by atoms with Crippen LogP contribution in [-0.4, -0.2) is 50.4 Å². The van der Waals surface area contributed by atoms with Crippen molar-refractivity contribution < 1.29 is 22.7 Å². The summed E-state index contributed by atoms with van der Waals surface area (Å²) in [7, 11) is -4.24. The third kappa shape index (κ3) is 8.73. The van der Waals surface area contributed by atoms with Crippen LogP contribution in [0.1, 0.15) is 43.7 Å². The fourth-order valence-corrected chi connectivity index (χ4v) is 7.45. The summed E-state index contributed by atoms with van der Waals surface area (Å²) >= 11 is 6.18. The highest BCUT2D eigenvalue weighted by Gasteiger charge is 2.36. The van der Waals surface area contributed by atoms with Crippen LogP contribution in [0, 0.1) is 0 Å². The Labute approximate surface area is 282 Å². The Kier molecular flexibility index (Phi) is 11.6. The van der Waals surface area contributed by atoms with E-state index in [1.165, 1.54) is 17.0 Å². The fourth-order valence-electron chi connectivity index (χ4n) is 5.88. The molecule has 1 fully saturated rings. The lowest BCUT2D eigenvalue weighted by Gasteiger charge is -2.34. The van der Waals surface area contributed by atoms with Crippen LogP contribution in [0.3, 0.4) is 0 Å². The highest BCUT2D eigenvalue weighted by Crippen LogP contribution is 2.33.